The van der Waals surface area contributed by atoms with Crippen LogP contribution in [-0.4, -0.2) is 34.8 Å². The lowest BCUT2D eigenvalue weighted by molar-refractivity contribution is -0.124. The number of carbonyl (C=O) groups excluding carboxylic acids is 2. The zero-order valence-electron chi connectivity index (χ0n) is 15.1. The average molecular weight is 383 g/mol. The summed E-state index contributed by atoms with van der Waals surface area (Å²) in [4.78, 5) is 25.1. The number of aromatic nitrogens is 2. The second-order valence-corrected chi connectivity index (χ2v) is 6.93. The zero-order valence-corrected chi connectivity index (χ0v) is 15.9. The molecule has 3 aromatic rings. The maximum Gasteiger partial charge on any atom is 0.342 e. The number of carbonyl (C=O) groups is 2. The summed E-state index contributed by atoms with van der Waals surface area (Å²) < 4.78 is 6.91. The molecule has 7 heteroatoms. The Balaban J connectivity index is 1.78. The number of amides is 1. The van der Waals surface area contributed by atoms with Crippen LogP contribution in [0.15, 0.2) is 54.0 Å². The average Bonchev–Trinajstić information content (AvgIpc) is 3.35. The van der Waals surface area contributed by atoms with Gasteiger partial charge in [-0.15, -0.1) is 11.3 Å². The molecule has 0 unspecified atom stereocenters. The number of thiophene rings is 1. The fraction of sp³-hybridized carbons (Fsp3) is 0.250. The molecule has 0 spiro atoms. The number of hydrogen-bond donors (Lipinski definition) is 1. The largest absolute Gasteiger partial charge is 0.452 e. The van der Waals surface area contributed by atoms with Crippen molar-refractivity contribution in [2.45, 2.75) is 19.9 Å². The SMILES string of the molecule is CCCNC(=O)COC(=O)c1cn(Cc2ccccc2)nc1-c1cccs1. The zero-order chi connectivity index (χ0) is 19.1. The van der Waals surface area contributed by atoms with Gasteiger partial charge in [0.1, 0.15) is 11.3 Å². The normalized spacial score (nSPS) is 10.6. The first-order chi connectivity index (χ1) is 13.2. The van der Waals surface area contributed by atoms with Gasteiger partial charge in [0.15, 0.2) is 6.61 Å². The van der Waals surface area contributed by atoms with E-state index in [0.29, 0.717) is 24.3 Å². The Hall–Kier alpha value is -2.93. The third-order valence-electron chi connectivity index (χ3n) is 3.83. The molecule has 0 aliphatic rings. The van der Waals surface area contributed by atoms with Gasteiger partial charge in [0.2, 0.25) is 0 Å². The van der Waals surface area contributed by atoms with Crippen molar-refractivity contribution in [2.75, 3.05) is 13.2 Å². The van der Waals surface area contributed by atoms with Crippen molar-refractivity contribution in [1.82, 2.24) is 15.1 Å². The van der Waals surface area contributed by atoms with Crippen LogP contribution in [0.5, 0.6) is 0 Å². The molecule has 0 aliphatic carbocycles. The van der Waals surface area contributed by atoms with Gasteiger partial charge in [-0.25, -0.2) is 4.79 Å². The van der Waals surface area contributed by atoms with Crippen LogP contribution >= 0.6 is 11.3 Å². The van der Waals surface area contributed by atoms with E-state index in [-0.39, 0.29) is 12.5 Å². The smallest absolute Gasteiger partial charge is 0.342 e. The Labute approximate surface area is 161 Å². The highest BCUT2D eigenvalue weighted by Crippen LogP contribution is 2.27. The first-order valence-corrected chi connectivity index (χ1v) is 9.64. The minimum absolute atomic E-state index is 0.299. The summed E-state index contributed by atoms with van der Waals surface area (Å²) in [7, 11) is 0. The van der Waals surface area contributed by atoms with E-state index in [2.05, 4.69) is 10.4 Å². The van der Waals surface area contributed by atoms with Gasteiger partial charge in [-0.05, 0) is 23.4 Å². The number of nitrogens with zero attached hydrogens (tertiary/aromatic N) is 2. The summed E-state index contributed by atoms with van der Waals surface area (Å²) in [6.07, 6.45) is 2.50. The van der Waals surface area contributed by atoms with E-state index in [1.807, 2.05) is 54.8 Å². The van der Waals surface area contributed by atoms with Gasteiger partial charge in [-0.2, -0.15) is 5.10 Å². The maximum atomic E-state index is 12.6. The van der Waals surface area contributed by atoms with Gasteiger partial charge in [0.25, 0.3) is 5.91 Å². The molecule has 1 aromatic carbocycles. The molecule has 0 bridgehead atoms. The number of hydrogen-bond acceptors (Lipinski definition) is 5. The molecule has 0 fully saturated rings. The van der Waals surface area contributed by atoms with Crippen molar-refractivity contribution in [3.05, 3.63) is 65.2 Å². The third-order valence-corrected chi connectivity index (χ3v) is 4.71. The van der Waals surface area contributed by atoms with Gasteiger partial charge < -0.3 is 10.1 Å². The monoisotopic (exact) mass is 383 g/mol. The van der Waals surface area contributed by atoms with Crippen molar-refractivity contribution in [2.24, 2.45) is 0 Å². The summed E-state index contributed by atoms with van der Waals surface area (Å²) in [5.74, 6) is -0.857. The van der Waals surface area contributed by atoms with Crippen LogP contribution in [0.3, 0.4) is 0 Å². The first-order valence-electron chi connectivity index (χ1n) is 8.76. The molecule has 0 radical (unpaired) electrons. The van der Waals surface area contributed by atoms with Gasteiger partial charge >= 0.3 is 5.97 Å². The Kier molecular flexibility index (Phi) is 6.38. The minimum atomic E-state index is -0.552. The lowest BCUT2D eigenvalue weighted by Crippen LogP contribution is -2.29. The minimum Gasteiger partial charge on any atom is -0.452 e. The predicted octanol–water partition coefficient (Wildman–Crippen LogP) is 3.34. The Morgan fingerprint density at radius 3 is 2.70 bits per heavy atom. The molecule has 0 atom stereocenters. The Bertz CT molecular complexity index is 889. The van der Waals surface area contributed by atoms with Gasteiger partial charge in [-0.3, -0.25) is 9.48 Å². The molecule has 6 nitrogen and oxygen atoms in total. The predicted molar refractivity (Wildman–Crippen MR) is 105 cm³/mol. The highest BCUT2D eigenvalue weighted by Gasteiger charge is 2.21. The van der Waals surface area contributed by atoms with E-state index in [9.17, 15) is 9.59 Å². The van der Waals surface area contributed by atoms with Crippen LogP contribution in [-0.2, 0) is 16.1 Å². The second-order valence-electron chi connectivity index (χ2n) is 5.98. The number of nitrogens with one attached hydrogen (secondary N) is 1. The van der Waals surface area contributed by atoms with Crippen molar-refractivity contribution in [3.8, 4) is 10.6 Å². The molecular formula is C20H21N3O3S. The number of ether oxygens (including phenoxy) is 1. The summed E-state index contributed by atoms with van der Waals surface area (Å²) in [5, 5.41) is 9.19. The summed E-state index contributed by atoms with van der Waals surface area (Å²) >= 11 is 1.50. The highest BCUT2D eigenvalue weighted by molar-refractivity contribution is 7.13. The topological polar surface area (TPSA) is 73.2 Å². The third kappa shape index (κ3) is 5.04. The second kappa shape index (κ2) is 9.14. The van der Waals surface area contributed by atoms with E-state index >= 15 is 0 Å². The molecule has 0 aliphatic heterocycles. The number of rotatable bonds is 8. The quantitative estimate of drug-likeness (QED) is 0.606. The summed E-state index contributed by atoms with van der Waals surface area (Å²) in [6.45, 7) is 2.77. The van der Waals surface area contributed by atoms with E-state index in [0.717, 1.165) is 16.9 Å². The summed E-state index contributed by atoms with van der Waals surface area (Å²) in [6, 6.07) is 13.7. The van der Waals surface area contributed by atoms with Gasteiger partial charge in [0.05, 0.1) is 11.4 Å². The number of esters is 1. The molecule has 3 rings (SSSR count). The lowest BCUT2D eigenvalue weighted by Gasteiger charge is -2.05. The lowest BCUT2D eigenvalue weighted by atomic mass is 10.2. The molecule has 140 valence electrons. The van der Waals surface area contributed by atoms with Crippen LogP contribution in [0.1, 0.15) is 29.3 Å². The van der Waals surface area contributed by atoms with E-state index < -0.39 is 5.97 Å². The van der Waals surface area contributed by atoms with E-state index in [1.54, 1.807) is 10.9 Å². The van der Waals surface area contributed by atoms with E-state index in [4.69, 9.17) is 4.74 Å². The molecular weight excluding hydrogens is 362 g/mol. The molecule has 1 N–H and O–H groups in total. The summed E-state index contributed by atoms with van der Waals surface area (Å²) in [5.41, 5.74) is 2.01. The van der Waals surface area contributed by atoms with Gasteiger partial charge in [0, 0.05) is 12.7 Å². The fourth-order valence-electron chi connectivity index (χ4n) is 2.54. The first kappa shape index (κ1) is 18.8. The number of benzene rings is 1. The standard InChI is InChI=1S/C20H21N3O3S/c1-2-10-21-18(24)14-26-20(25)16-13-23(12-15-7-4-3-5-8-15)22-19(16)17-9-6-11-27-17/h3-9,11,13H,2,10,12,14H2,1H3,(H,21,24). The van der Waals surface area contributed by atoms with Gasteiger partial charge in [-0.1, -0.05) is 43.3 Å². The molecule has 2 aromatic heterocycles. The molecule has 0 saturated carbocycles. The Morgan fingerprint density at radius 1 is 1.19 bits per heavy atom. The maximum absolute atomic E-state index is 12.6. The van der Waals surface area contributed by atoms with Crippen LogP contribution in [0.25, 0.3) is 10.6 Å². The fourth-order valence-corrected chi connectivity index (χ4v) is 3.27. The van der Waals surface area contributed by atoms with Crippen molar-refractivity contribution in [3.63, 3.8) is 0 Å². The van der Waals surface area contributed by atoms with Crippen LogP contribution in [0, 0.1) is 0 Å². The van der Waals surface area contributed by atoms with Crippen LogP contribution in [0.4, 0.5) is 0 Å². The Morgan fingerprint density at radius 2 is 2.00 bits per heavy atom. The molecule has 27 heavy (non-hydrogen) atoms. The van der Waals surface area contributed by atoms with Crippen molar-refractivity contribution >= 4 is 23.2 Å². The van der Waals surface area contributed by atoms with Crippen LogP contribution < -0.4 is 5.32 Å². The molecule has 1 amide bonds. The van der Waals surface area contributed by atoms with Crippen molar-refractivity contribution < 1.29 is 14.3 Å². The van der Waals surface area contributed by atoms with Crippen molar-refractivity contribution in [1.29, 1.82) is 0 Å². The van der Waals surface area contributed by atoms with Crippen LogP contribution in [0.2, 0.25) is 0 Å². The molecule has 2 heterocycles. The molecule has 0 saturated heterocycles. The van der Waals surface area contributed by atoms with E-state index in [1.165, 1.54) is 11.3 Å². The highest BCUT2D eigenvalue weighted by atomic mass is 32.1.